The topological polar surface area (TPSA) is 44.0 Å². The lowest BCUT2D eigenvalue weighted by atomic mass is 10.3. The Labute approximate surface area is 57.9 Å². The molecule has 1 aromatic rings. The third kappa shape index (κ3) is 1.27. The van der Waals surface area contributed by atoms with Gasteiger partial charge in [-0.3, -0.25) is 5.73 Å². The van der Waals surface area contributed by atoms with Crippen LogP contribution in [0.4, 0.5) is 5.69 Å². The molecule has 0 spiro atoms. The zero-order chi connectivity index (χ0) is 6.85. The highest BCUT2D eigenvalue weighted by Crippen LogP contribution is 2.23. The van der Waals surface area contributed by atoms with Gasteiger partial charge in [-0.1, -0.05) is 11.6 Å². The molecule has 0 bridgehead atoms. The number of phenolic OH excluding ortho intramolecular Hbond substituents is 1. The third-order valence-corrected chi connectivity index (χ3v) is 1.19. The Morgan fingerprint density at radius 3 is 2.56 bits per heavy atom. The number of aromatic hydroxyl groups is 1. The van der Waals surface area contributed by atoms with Crippen LogP contribution in [0.1, 0.15) is 0 Å². The minimum Gasteiger partial charge on any atom is -0.506 e. The first-order valence-corrected chi connectivity index (χ1v) is 2.78. The molecule has 1 aromatic carbocycles. The van der Waals surface area contributed by atoms with Crippen molar-refractivity contribution in [2.45, 2.75) is 0 Å². The molecule has 9 heavy (non-hydrogen) atoms. The average Bonchev–Trinajstić information content (AvgIpc) is 1.80. The summed E-state index contributed by atoms with van der Waals surface area (Å²) in [5, 5.41) is 9.27. The number of hydrogen-bond donors (Lipinski definition) is 1. The second kappa shape index (κ2) is 2.15. The lowest BCUT2D eigenvalue weighted by Gasteiger charge is -1.94. The van der Waals surface area contributed by atoms with Crippen LogP contribution in [-0.2, 0) is 0 Å². The molecule has 0 fully saturated rings. The van der Waals surface area contributed by atoms with Gasteiger partial charge >= 0.3 is 0 Å². The summed E-state index contributed by atoms with van der Waals surface area (Å²) in [6.07, 6.45) is 0. The van der Waals surface area contributed by atoms with Crippen molar-refractivity contribution in [3.63, 3.8) is 0 Å². The van der Waals surface area contributed by atoms with Gasteiger partial charge in [-0.2, -0.15) is 0 Å². The van der Waals surface area contributed by atoms with Gasteiger partial charge in [-0.05, 0) is 18.2 Å². The van der Waals surface area contributed by atoms with E-state index in [0.717, 1.165) is 0 Å². The quantitative estimate of drug-likeness (QED) is 0.553. The minimum atomic E-state index is -0.0422. The van der Waals surface area contributed by atoms with Crippen LogP contribution in [0.15, 0.2) is 18.2 Å². The van der Waals surface area contributed by atoms with Crippen molar-refractivity contribution in [3.8, 4) is 5.75 Å². The molecule has 3 heteroatoms. The van der Waals surface area contributed by atoms with E-state index in [1.807, 2.05) is 0 Å². The van der Waals surface area contributed by atoms with Gasteiger partial charge in [0.1, 0.15) is 5.75 Å². The SMILES string of the molecule is [NH]c1cc(Cl)ccc1O. The maximum Gasteiger partial charge on any atom is 0.140 e. The Hall–Kier alpha value is -0.890. The van der Waals surface area contributed by atoms with Crippen LogP contribution >= 0.6 is 11.6 Å². The highest BCUT2D eigenvalue weighted by Gasteiger charge is 1.94. The van der Waals surface area contributed by atoms with Gasteiger partial charge in [0.2, 0.25) is 0 Å². The molecule has 0 aromatic heterocycles. The summed E-state index contributed by atoms with van der Waals surface area (Å²) >= 11 is 5.49. The summed E-state index contributed by atoms with van der Waals surface area (Å²) in [5.41, 5.74) is 7.08. The van der Waals surface area contributed by atoms with E-state index in [0.29, 0.717) is 5.02 Å². The van der Waals surface area contributed by atoms with Gasteiger partial charge in [0.05, 0.1) is 5.69 Å². The first kappa shape index (κ1) is 6.23. The lowest BCUT2D eigenvalue weighted by Crippen LogP contribution is -1.70. The average molecular weight is 143 g/mol. The fourth-order valence-electron chi connectivity index (χ4n) is 0.508. The highest BCUT2D eigenvalue weighted by atomic mass is 35.5. The van der Waals surface area contributed by atoms with E-state index in [9.17, 15) is 0 Å². The molecule has 0 atom stereocenters. The number of rotatable bonds is 0. The first-order valence-electron chi connectivity index (χ1n) is 2.40. The largest absolute Gasteiger partial charge is 0.506 e. The molecule has 0 saturated carbocycles. The number of halogens is 1. The molecule has 0 aliphatic heterocycles. The Balaban J connectivity index is 3.17. The summed E-state index contributed by atoms with van der Waals surface area (Å²) in [4.78, 5) is 0. The van der Waals surface area contributed by atoms with Crippen LogP contribution in [0, 0.1) is 0 Å². The van der Waals surface area contributed by atoms with Crippen LogP contribution in [-0.4, -0.2) is 5.11 Å². The highest BCUT2D eigenvalue weighted by molar-refractivity contribution is 6.30. The molecule has 1 radical (unpaired) electrons. The maximum absolute atomic E-state index is 8.80. The number of hydrogen-bond acceptors (Lipinski definition) is 1. The standard InChI is InChI=1S/C6H5ClNO/c7-4-1-2-6(9)5(8)3-4/h1-3,8-9H. The predicted molar refractivity (Wildman–Crippen MR) is 35.9 cm³/mol. The van der Waals surface area contributed by atoms with E-state index in [1.165, 1.54) is 18.2 Å². The second-order valence-corrected chi connectivity index (χ2v) is 2.10. The maximum atomic E-state index is 8.80. The Kier molecular flexibility index (Phi) is 1.49. The lowest BCUT2D eigenvalue weighted by molar-refractivity contribution is 0.476. The molecule has 0 saturated heterocycles. The van der Waals surface area contributed by atoms with Crippen LogP contribution in [0.2, 0.25) is 5.02 Å². The fourth-order valence-corrected chi connectivity index (χ4v) is 0.680. The minimum absolute atomic E-state index is 0.0422. The molecule has 0 aliphatic rings. The number of benzene rings is 1. The van der Waals surface area contributed by atoms with Crippen molar-refractivity contribution >= 4 is 17.3 Å². The second-order valence-electron chi connectivity index (χ2n) is 1.66. The van der Waals surface area contributed by atoms with Crippen molar-refractivity contribution in [1.29, 1.82) is 0 Å². The fraction of sp³-hybridized carbons (Fsp3) is 0. The Morgan fingerprint density at radius 2 is 2.11 bits per heavy atom. The van der Waals surface area contributed by atoms with E-state index >= 15 is 0 Å². The molecule has 0 heterocycles. The van der Waals surface area contributed by atoms with Gasteiger partial charge in [-0.15, -0.1) is 0 Å². The smallest absolute Gasteiger partial charge is 0.140 e. The van der Waals surface area contributed by atoms with Crippen molar-refractivity contribution in [1.82, 2.24) is 5.73 Å². The van der Waals surface area contributed by atoms with Crippen molar-refractivity contribution in [3.05, 3.63) is 23.2 Å². The molecule has 0 unspecified atom stereocenters. The van der Waals surface area contributed by atoms with Crippen molar-refractivity contribution < 1.29 is 5.11 Å². The van der Waals surface area contributed by atoms with Gasteiger partial charge in [0.25, 0.3) is 0 Å². The van der Waals surface area contributed by atoms with Crippen molar-refractivity contribution in [2.75, 3.05) is 0 Å². The van der Waals surface area contributed by atoms with Crippen LogP contribution in [0.5, 0.6) is 5.75 Å². The van der Waals surface area contributed by atoms with E-state index in [4.69, 9.17) is 22.4 Å². The summed E-state index contributed by atoms with van der Waals surface area (Å²) < 4.78 is 0. The first-order chi connectivity index (χ1) is 4.20. The third-order valence-electron chi connectivity index (χ3n) is 0.959. The molecule has 1 rings (SSSR count). The van der Waals surface area contributed by atoms with E-state index in [1.54, 1.807) is 0 Å². The van der Waals surface area contributed by atoms with Gasteiger partial charge in [0.15, 0.2) is 0 Å². The van der Waals surface area contributed by atoms with Gasteiger partial charge in [-0.25, -0.2) is 0 Å². The summed E-state index contributed by atoms with van der Waals surface area (Å²) in [7, 11) is 0. The number of phenols is 1. The molecule has 47 valence electrons. The van der Waals surface area contributed by atoms with Crippen molar-refractivity contribution in [2.24, 2.45) is 0 Å². The van der Waals surface area contributed by atoms with Crippen LogP contribution < -0.4 is 5.73 Å². The normalized spacial score (nSPS) is 9.44. The monoisotopic (exact) mass is 142 g/mol. The zero-order valence-corrected chi connectivity index (χ0v) is 5.31. The number of nitrogens with one attached hydrogen (secondary N) is 1. The Bertz CT molecular complexity index is 224. The molecular formula is C6H5ClNO. The molecule has 0 aliphatic carbocycles. The summed E-state index contributed by atoms with van der Waals surface area (Å²) in [5.74, 6) is -0.0422. The van der Waals surface area contributed by atoms with E-state index in [-0.39, 0.29) is 11.4 Å². The van der Waals surface area contributed by atoms with Crippen LogP contribution in [0.3, 0.4) is 0 Å². The zero-order valence-electron chi connectivity index (χ0n) is 4.56. The molecular weight excluding hydrogens is 138 g/mol. The summed E-state index contributed by atoms with van der Waals surface area (Å²) in [6, 6.07) is 4.32. The Morgan fingerprint density at radius 1 is 1.44 bits per heavy atom. The van der Waals surface area contributed by atoms with Gasteiger partial charge < -0.3 is 5.11 Å². The molecule has 2 N–H and O–H groups in total. The summed E-state index contributed by atoms with van der Waals surface area (Å²) in [6.45, 7) is 0. The van der Waals surface area contributed by atoms with E-state index in [2.05, 4.69) is 0 Å². The van der Waals surface area contributed by atoms with E-state index < -0.39 is 0 Å². The molecule has 2 nitrogen and oxygen atoms in total. The molecule has 0 amide bonds. The van der Waals surface area contributed by atoms with Crippen LogP contribution in [0.25, 0.3) is 0 Å². The van der Waals surface area contributed by atoms with Gasteiger partial charge in [0, 0.05) is 5.02 Å². The predicted octanol–water partition coefficient (Wildman–Crippen LogP) is 1.96.